The van der Waals surface area contributed by atoms with Gasteiger partial charge in [-0.15, -0.1) is 0 Å². The second kappa shape index (κ2) is 10.1. The molecule has 0 aliphatic rings. The number of aryl methyl sites for hydroxylation is 1. The van der Waals surface area contributed by atoms with Crippen LogP contribution in [0.15, 0.2) is 77.3 Å². The highest BCUT2D eigenvalue weighted by Crippen LogP contribution is 2.35. The molecular formula is C26H21BrF2N2O3. The lowest BCUT2D eigenvalue weighted by atomic mass is 10.1. The van der Waals surface area contributed by atoms with Crippen molar-refractivity contribution in [2.45, 2.75) is 13.5 Å². The Balaban J connectivity index is 1.67. The van der Waals surface area contributed by atoms with E-state index in [0.717, 1.165) is 27.5 Å². The van der Waals surface area contributed by atoms with Crippen molar-refractivity contribution in [3.05, 3.63) is 106 Å². The van der Waals surface area contributed by atoms with Crippen molar-refractivity contribution in [2.75, 3.05) is 12.5 Å². The van der Waals surface area contributed by atoms with Gasteiger partial charge in [0.2, 0.25) is 0 Å². The fourth-order valence-corrected chi connectivity index (χ4v) is 3.84. The van der Waals surface area contributed by atoms with Gasteiger partial charge < -0.3 is 9.47 Å². The van der Waals surface area contributed by atoms with Gasteiger partial charge in [0, 0.05) is 27.4 Å². The Kier molecular flexibility index (Phi) is 6.98. The van der Waals surface area contributed by atoms with Gasteiger partial charge in [0.25, 0.3) is 0 Å². The smallest absolute Gasteiger partial charge is 0.337 e. The molecule has 0 atom stereocenters. The van der Waals surface area contributed by atoms with Gasteiger partial charge >= 0.3 is 5.97 Å². The molecule has 0 amide bonds. The molecule has 8 heteroatoms. The number of benzene rings is 3. The van der Waals surface area contributed by atoms with Crippen LogP contribution in [0.3, 0.4) is 0 Å². The van der Waals surface area contributed by atoms with E-state index in [4.69, 9.17) is 9.47 Å². The number of methoxy groups -OCH3 is 1. The van der Waals surface area contributed by atoms with Crippen LogP contribution in [0.2, 0.25) is 0 Å². The highest BCUT2D eigenvalue weighted by molar-refractivity contribution is 9.10. The van der Waals surface area contributed by atoms with Crippen LogP contribution in [0.1, 0.15) is 21.6 Å². The van der Waals surface area contributed by atoms with Crippen molar-refractivity contribution in [1.82, 2.24) is 4.68 Å². The molecule has 1 heterocycles. The van der Waals surface area contributed by atoms with E-state index < -0.39 is 17.6 Å². The van der Waals surface area contributed by atoms with Crippen molar-refractivity contribution in [3.8, 4) is 17.0 Å². The summed E-state index contributed by atoms with van der Waals surface area (Å²) in [6.07, 6.45) is 0. The third kappa shape index (κ3) is 5.12. The maximum absolute atomic E-state index is 14.1. The van der Waals surface area contributed by atoms with Gasteiger partial charge in [0.1, 0.15) is 24.0 Å². The molecule has 0 aliphatic carbocycles. The number of carbonyl (C=O) groups excluding carboxylic acids is 1. The number of anilines is 1. The van der Waals surface area contributed by atoms with E-state index in [-0.39, 0.29) is 12.2 Å². The largest absolute Gasteiger partial charge is 0.488 e. The van der Waals surface area contributed by atoms with Crippen molar-refractivity contribution >= 4 is 27.6 Å². The first kappa shape index (κ1) is 23.5. The van der Waals surface area contributed by atoms with Gasteiger partial charge in [0.05, 0.1) is 24.1 Å². The second-order valence-electron chi connectivity index (χ2n) is 7.54. The lowest BCUT2D eigenvalue weighted by Gasteiger charge is -2.18. The molecule has 0 spiro atoms. The van der Waals surface area contributed by atoms with Crippen LogP contribution >= 0.6 is 15.9 Å². The monoisotopic (exact) mass is 526 g/mol. The van der Waals surface area contributed by atoms with Crippen molar-refractivity contribution in [1.29, 1.82) is 0 Å². The standard InChI is InChI=1S/C26H21BrF2N2O3/c1-16-6-10-24(31(16)30-21-5-3-4-17(12-21)26(32)33-2)22-13-19(27)8-11-25(22)34-15-18-7-9-20(28)14-23(18)29/h3-14,30H,15H2,1-2H3. The maximum Gasteiger partial charge on any atom is 0.337 e. The summed E-state index contributed by atoms with van der Waals surface area (Å²) in [5.41, 5.74) is 7.12. The number of nitrogens with zero attached hydrogens (tertiary/aromatic N) is 1. The van der Waals surface area contributed by atoms with Gasteiger partial charge in [-0.2, -0.15) is 0 Å². The Morgan fingerprint density at radius 2 is 1.85 bits per heavy atom. The molecule has 4 rings (SSSR count). The van der Waals surface area contributed by atoms with Crippen LogP contribution in [0, 0.1) is 18.6 Å². The summed E-state index contributed by atoms with van der Waals surface area (Å²) < 4.78 is 40.8. The number of ether oxygens (including phenoxy) is 2. The molecule has 0 bridgehead atoms. The molecule has 0 unspecified atom stereocenters. The second-order valence-corrected chi connectivity index (χ2v) is 8.46. The molecule has 3 aromatic carbocycles. The summed E-state index contributed by atoms with van der Waals surface area (Å²) in [5.74, 6) is -1.20. The van der Waals surface area contributed by atoms with Crippen LogP contribution in [0.4, 0.5) is 14.5 Å². The average Bonchev–Trinajstić information content (AvgIpc) is 3.18. The SMILES string of the molecule is COC(=O)c1cccc(Nn2c(C)ccc2-c2cc(Br)ccc2OCc2ccc(F)cc2F)c1. The predicted molar refractivity (Wildman–Crippen MR) is 130 cm³/mol. The molecule has 1 aromatic heterocycles. The van der Waals surface area contributed by atoms with Gasteiger partial charge in [0.15, 0.2) is 0 Å². The molecule has 0 saturated heterocycles. The van der Waals surface area contributed by atoms with E-state index in [1.165, 1.54) is 19.2 Å². The van der Waals surface area contributed by atoms with Crippen LogP contribution in [-0.2, 0) is 11.3 Å². The van der Waals surface area contributed by atoms with Gasteiger partial charge in [-0.3, -0.25) is 10.1 Å². The van der Waals surface area contributed by atoms with E-state index >= 15 is 0 Å². The number of rotatable bonds is 7. The molecule has 0 radical (unpaired) electrons. The fourth-order valence-electron chi connectivity index (χ4n) is 3.48. The highest BCUT2D eigenvalue weighted by atomic mass is 79.9. The minimum atomic E-state index is -0.662. The summed E-state index contributed by atoms with van der Waals surface area (Å²) in [6.45, 7) is 1.88. The van der Waals surface area contributed by atoms with Gasteiger partial charge in [-0.1, -0.05) is 22.0 Å². The van der Waals surface area contributed by atoms with Crippen LogP contribution in [0.25, 0.3) is 11.3 Å². The van der Waals surface area contributed by atoms with E-state index in [9.17, 15) is 13.6 Å². The Labute approximate surface area is 204 Å². The molecule has 0 aliphatic heterocycles. The first-order valence-corrected chi connectivity index (χ1v) is 11.2. The average molecular weight is 527 g/mol. The summed E-state index contributed by atoms with van der Waals surface area (Å²) >= 11 is 3.50. The van der Waals surface area contributed by atoms with E-state index in [1.807, 2.05) is 41.9 Å². The molecule has 5 nitrogen and oxygen atoms in total. The quantitative estimate of drug-likeness (QED) is 0.271. The lowest BCUT2D eigenvalue weighted by molar-refractivity contribution is 0.0601. The topological polar surface area (TPSA) is 52.5 Å². The minimum absolute atomic E-state index is 0.0605. The van der Waals surface area contributed by atoms with Crippen LogP contribution in [-0.4, -0.2) is 17.8 Å². The zero-order chi connectivity index (χ0) is 24.2. The predicted octanol–water partition coefficient (Wildman–Crippen LogP) is 6.75. The van der Waals surface area contributed by atoms with E-state index in [0.29, 0.717) is 17.0 Å². The summed E-state index contributed by atoms with van der Waals surface area (Å²) in [6, 6.07) is 19.8. The third-order valence-electron chi connectivity index (χ3n) is 5.22. The number of nitrogens with one attached hydrogen (secondary N) is 1. The molecule has 1 N–H and O–H groups in total. The zero-order valence-electron chi connectivity index (χ0n) is 18.4. The van der Waals surface area contributed by atoms with Gasteiger partial charge in [-0.25, -0.2) is 13.6 Å². The Bertz CT molecular complexity index is 1350. The first-order chi connectivity index (χ1) is 16.4. The number of esters is 1. The van der Waals surface area contributed by atoms with Crippen LogP contribution < -0.4 is 10.2 Å². The van der Waals surface area contributed by atoms with E-state index in [2.05, 4.69) is 21.4 Å². The molecule has 0 fully saturated rings. The molecular weight excluding hydrogens is 506 g/mol. The zero-order valence-corrected chi connectivity index (χ0v) is 20.0. The number of hydrogen-bond acceptors (Lipinski definition) is 4. The summed E-state index contributed by atoms with van der Waals surface area (Å²) in [4.78, 5) is 11.9. The summed E-state index contributed by atoms with van der Waals surface area (Å²) in [7, 11) is 1.34. The third-order valence-corrected chi connectivity index (χ3v) is 5.71. The first-order valence-electron chi connectivity index (χ1n) is 10.4. The Hall–Kier alpha value is -3.65. The maximum atomic E-state index is 14.1. The number of aromatic nitrogens is 1. The molecule has 4 aromatic rings. The summed E-state index contributed by atoms with van der Waals surface area (Å²) in [5, 5.41) is 0. The molecule has 34 heavy (non-hydrogen) atoms. The van der Waals surface area contributed by atoms with Crippen LogP contribution in [0.5, 0.6) is 5.75 Å². The van der Waals surface area contributed by atoms with Crippen molar-refractivity contribution in [3.63, 3.8) is 0 Å². The van der Waals surface area contributed by atoms with E-state index in [1.54, 1.807) is 24.3 Å². The normalized spacial score (nSPS) is 10.7. The Morgan fingerprint density at radius 1 is 1.03 bits per heavy atom. The highest BCUT2D eigenvalue weighted by Gasteiger charge is 2.15. The molecule has 0 saturated carbocycles. The molecule has 174 valence electrons. The van der Waals surface area contributed by atoms with Crippen molar-refractivity contribution in [2.24, 2.45) is 0 Å². The number of hydrogen-bond donors (Lipinski definition) is 1. The number of halogens is 3. The fraction of sp³-hybridized carbons (Fsp3) is 0.115. The number of carbonyl (C=O) groups is 1. The van der Waals surface area contributed by atoms with Crippen molar-refractivity contribution < 1.29 is 23.0 Å². The minimum Gasteiger partial charge on any atom is -0.488 e. The lowest BCUT2D eigenvalue weighted by Crippen LogP contribution is -2.13. The Morgan fingerprint density at radius 3 is 2.62 bits per heavy atom. The van der Waals surface area contributed by atoms with Gasteiger partial charge in [-0.05, 0) is 67.6 Å².